The van der Waals surface area contributed by atoms with Crippen molar-refractivity contribution in [2.24, 2.45) is 5.84 Å². The summed E-state index contributed by atoms with van der Waals surface area (Å²) < 4.78 is 0. The quantitative estimate of drug-likeness (QED) is 0.644. The number of carbonyl (C=O) groups excluding carboxylic acids is 1. The average Bonchev–Trinajstić information content (AvgIpc) is 2.47. The molecule has 1 amide bonds. The Balaban J connectivity index is 2.06. The van der Waals surface area contributed by atoms with Gasteiger partial charge in [-0.1, -0.05) is 0 Å². The summed E-state index contributed by atoms with van der Waals surface area (Å²) in [6.07, 6.45) is 3.44. The number of nitrogen functional groups attached to an aromatic ring is 1. The lowest BCUT2D eigenvalue weighted by molar-refractivity contribution is 0.0785. The number of nitrogens with zero attached hydrogens (tertiary/aromatic N) is 2. The second-order valence-corrected chi connectivity index (χ2v) is 4.24. The fourth-order valence-electron chi connectivity index (χ4n) is 1.76. The number of hydrogen-bond donors (Lipinski definition) is 2. The highest BCUT2D eigenvalue weighted by Crippen LogP contribution is 2.11. The van der Waals surface area contributed by atoms with Gasteiger partial charge in [0.1, 0.15) is 0 Å². The van der Waals surface area contributed by atoms with Crippen LogP contribution in [0.15, 0.2) is 48.8 Å². The molecule has 0 bridgehead atoms. The summed E-state index contributed by atoms with van der Waals surface area (Å²) in [7, 11) is 1.78. The van der Waals surface area contributed by atoms with Gasteiger partial charge in [0, 0.05) is 37.2 Å². The molecule has 0 aliphatic carbocycles. The van der Waals surface area contributed by atoms with Crippen molar-refractivity contribution >= 4 is 11.6 Å². The number of anilines is 1. The van der Waals surface area contributed by atoms with E-state index in [1.807, 2.05) is 12.1 Å². The number of rotatable bonds is 4. The van der Waals surface area contributed by atoms with E-state index in [1.54, 1.807) is 48.6 Å². The van der Waals surface area contributed by atoms with Gasteiger partial charge in [0.2, 0.25) is 0 Å². The van der Waals surface area contributed by atoms with Gasteiger partial charge in [-0.25, -0.2) is 0 Å². The zero-order valence-corrected chi connectivity index (χ0v) is 10.7. The second kappa shape index (κ2) is 5.97. The van der Waals surface area contributed by atoms with Crippen LogP contribution in [0.4, 0.5) is 5.69 Å². The van der Waals surface area contributed by atoms with Crippen LogP contribution >= 0.6 is 0 Å². The maximum Gasteiger partial charge on any atom is 0.253 e. The average molecular weight is 256 g/mol. The van der Waals surface area contributed by atoms with Crippen LogP contribution in [0.3, 0.4) is 0 Å². The first kappa shape index (κ1) is 13.0. The van der Waals surface area contributed by atoms with Crippen molar-refractivity contribution in [2.75, 3.05) is 12.5 Å². The normalized spacial score (nSPS) is 10.0. The molecule has 1 heterocycles. The van der Waals surface area contributed by atoms with E-state index in [0.717, 1.165) is 11.3 Å². The van der Waals surface area contributed by atoms with E-state index in [2.05, 4.69) is 10.4 Å². The van der Waals surface area contributed by atoms with Gasteiger partial charge in [-0.3, -0.25) is 15.6 Å². The van der Waals surface area contributed by atoms with E-state index in [4.69, 9.17) is 5.84 Å². The number of aromatic nitrogens is 1. The Bertz CT molecular complexity index is 539. The van der Waals surface area contributed by atoms with Crippen molar-refractivity contribution in [1.29, 1.82) is 0 Å². The zero-order chi connectivity index (χ0) is 13.7. The molecule has 0 aliphatic rings. The SMILES string of the molecule is CN(Cc1ccncc1)C(=O)c1ccc(NN)cc1. The van der Waals surface area contributed by atoms with Crippen LogP contribution in [-0.2, 0) is 6.54 Å². The van der Waals surface area contributed by atoms with E-state index < -0.39 is 0 Å². The van der Waals surface area contributed by atoms with Gasteiger partial charge in [0.25, 0.3) is 5.91 Å². The highest BCUT2D eigenvalue weighted by molar-refractivity contribution is 5.94. The number of carbonyl (C=O) groups is 1. The number of nitrogens with one attached hydrogen (secondary N) is 1. The molecule has 0 fully saturated rings. The number of hydrogen-bond acceptors (Lipinski definition) is 4. The standard InChI is InChI=1S/C14H16N4O/c1-18(10-11-6-8-16-9-7-11)14(19)12-2-4-13(17-15)5-3-12/h2-9,17H,10,15H2,1H3. The summed E-state index contributed by atoms with van der Waals surface area (Å²) in [6.45, 7) is 0.554. The van der Waals surface area contributed by atoms with Gasteiger partial charge >= 0.3 is 0 Å². The van der Waals surface area contributed by atoms with E-state index in [0.29, 0.717) is 12.1 Å². The minimum atomic E-state index is -0.0274. The molecule has 0 radical (unpaired) electrons. The summed E-state index contributed by atoms with van der Waals surface area (Å²) in [6, 6.07) is 10.8. The molecule has 0 spiro atoms. The van der Waals surface area contributed by atoms with Crippen molar-refractivity contribution in [3.63, 3.8) is 0 Å². The first-order valence-electron chi connectivity index (χ1n) is 5.92. The molecule has 0 unspecified atom stereocenters. The Kier molecular flexibility index (Phi) is 4.10. The number of amides is 1. The van der Waals surface area contributed by atoms with Crippen LogP contribution in [-0.4, -0.2) is 22.8 Å². The number of nitrogens with two attached hydrogens (primary N) is 1. The molecule has 0 saturated carbocycles. The molecule has 0 atom stereocenters. The summed E-state index contributed by atoms with van der Waals surface area (Å²) >= 11 is 0. The number of pyridine rings is 1. The molecule has 5 heteroatoms. The Hall–Kier alpha value is -2.40. The Labute approximate surface area is 112 Å². The zero-order valence-electron chi connectivity index (χ0n) is 10.7. The summed E-state index contributed by atoms with van der Waals surface area (Å²) in [5.74, 6) is 5.26. The highest BCUT2D eigenvalue weighted by atomic mass is 16.2. The second-order valence-electron chi connectivity index (χ2n) is 4.24. The van der Waals surface area contributed by atoms with Gasteiger partial charge < -0.3 is 10.3 Å². The van der Waals surface area contributed by atoms with Crippen molar-refractivity contribution in [3.8, 4) is 0 Å². The largest absolute Gasteiger partial charge is 0.337 e. The first-order valence-corrected chi connectivity index (χ1v) is 5.92. The van der Waals surface area contributed by atoms with Crippen molar-refractivity contribution in [3.05, 3.63) is 59.9 Å². The fourth-order valence-corrected chi connectivity index (χ4v) is 1.76. The molecule has 2 rings (SSSR count). The van der Waals surface area contributed by atoms with Crippen LogP contribution in [0.5, 0.6) is 0 Å². The summed E-state index contributed by atoms with van der Waals surface area (Å²) in [5, 5.41) is 0. The van der Waals surface area contributed by atoms with E-state index in [1.165, 1.54) is 0 Å². The van der Waals surface area contributed by atoms with E-state index in [9.17, 15) is 4.79 Å². The molecule has 0 aliphatic heterocycles. The van der Waals surface area contributed by atoms with Gasteiger partial charge in [0.05, 0.1) is 0 Å². The molecule has 98 valence electrons. The fraction of sp³-hybridized carbons (Fsp3) is 0.143. The smallest absolute Gasteiger partial charge is 0.253 e. The lowest BCUT2D eigenvalue weighted by Crippen LogP contribution is -2.26. The minimum absolute atomic E-state index is 0.0274. The topological polar surface area (TPSA) is 71.2 Å². The monoisotopic (exact) mass is 256 g/mol. The number of hydrazine groups is 1. The summed E-state index contributed by atoms with van der Waals surface area (Å²) in [4.78, 5) is 17.8. The number of benzene rings is 1. The summed E-state index contributed by atoms with van der Waals surface area (Å²) in [5.41, 5.74) is 4.98. The van der Waals surface area contributed by atoms with Crippen LogP contribution < -0.4 is 11.3 Å². The molecule has 1 aromatic carbocycles. The van der Waals surface area contributed by atoms with Crippen LogP contribution in [0.2, 0.25) is 0 Å². The lowest BCUT2D eigenvalue weighted by Gasteiger charge is -2.17. The van der Waals surface area contributed by atoms with Gasteiger partial charge in [-0.15, -0.1) is 0 Å². The molecule has 3 N–H and O–H groups in total. The van der Waals surface area contributed by atoms with Crippen LogP contribution in [0, 0.1) is 0 Å². The molecule has 19 heavy (non-hydrogen) atoms. The molecular formula is C14H16N4O. The minimum Gasteiger partial charge on any atom is -0.337 e. The predicted octanol–water partition coefficient (Wildman–Crippen LogP) is 1.64. The lowest BCUT2D eigenvalue weighted by atomic mass is 10.1. The van der Waals surface area contributed by atoms with E-state index in [-0.39, 0.29) is 5.91 Å². The Morgan fingerprint density at radius 3 is 2.42 bits per heavy atom. The van der Waals surface area contributed by atoms with Gasteiger partial charge in [-0.2, -0.15) is 0 Å². The molecular weight excluding hydrogens is 240 g/mol. The first-order chi connectivity index (χ1) is 9.20. The molecule has 1 aromatic heterocycles. The molecule has 5 nitrogen and oxygen atoms in total. The molecule has 2 aromatic rings. The van der Waals surface area contributed by atoms with Crippen LogP contribution in [0.25, 0.3) is 0 Å². The third kappa shape index (κ3) is 3.29. The van der Waals surface area contributed by atoms with Gasteiger partial charge in [-0.05, 0) is 42.0 Å². The maximum atomic E-state index is 12.2. The van der Waals surface area contributed by atoms with E-state index >= 15 is 0 Å². The maximum absolute atomic E-state index is 12.2. The van der Waals surface area contributed by atoms with Crippen LogP contribution in [0.1, 0.15) is 15.9 Å². The van der Waals surface area contributed by atoms with Crippen molar-refractivity contribution in [2.45, 2.75) is 6.54 Å². The third-order valence-corrected chi connectivity index (χ3v) is 2.81. The van der Waals surface area contributed by atoms with Crippen molar-refractivity contribution in [1.82, 2.24) is 9.88 Å². The van der Waals surface area contributed by atoms with Gasteiger partial charge in [0.15, 0.2) is 0 Å². The Morgan fingerprint density at radius 2 is 1.84 bits per heavy atom. The van der Waals surface area contributed by atoms with Crippen molar-refractivity contribution < 1.29 is 4.79 Å². The molecule has 0 saturated heterocycles. The third-order valence-electron chi connectivity index (χ3n) is 2.81. The highest BCUT2D eigenvalue weighted by Gasteiger charge is 2.11. The Morgan fingerprint density at radius 1 is 1.21 bits per heavy atom. The predicted molar refractivity (Wildman–Crippen MR) is 74.3 cm³/mol.